The van der Waals surface area contributed by atoms with Gasteiger partial charge in [-0.3, -0.25) is 9.59 Å². The summed E-state index contributed by atoms with van der Waals surface area (Å²) in [6.07, 6.45) is 2.91. The summed E-state index contributed by atoms with van der Waals surface area (Å²) < 4.78 is 20.2. The maximum absolute atomic E-state index is 14.5. The number of fused-ring (bicyclic) bond motifs is 1. The number of aromatic amines is 1. The van der Waals surface area contributed by atoms with Crippen molar-refractivity contribution in [3.63, 3.8) is 0 Å². The van der Waals surface area contributed by atoms with Gasteiger partial charge >= 0.3 is 0 Å². The molecule has 0 aliphatic carbocycles. The summed E-state index contributed by atoms with van der Waals surface area (Å²) in [7, 11) is 0. The first-order valence-corrected chi connectivity index (χ1v) is 9.58. The number of amides is 2. The minimum atomic E-state index is -0.646. The minimum Gasteiger partial charge on any atom is -0.453 e. The van der Waals surface area contributed by atoms with Gasteiger partial charge in [0.05, 0.1) is 5.39 Å². The molecular weight excluding hydrogens is 399 g/mol. The van der Waals surface area contributed by atoms with E-state index in [0.29, 0.717) is 17.9 Å². The molecule has 2 aromatic carbocycles. The van der Waals surface area contributed by atoms with Crippen LogP contribution in [0.25, 0.3) is 11.0 Å². The second-order valence-electron chi connectivity index (χ2n) is 6.78. The van der Waals surface area contributed by atoms with Gasteiger partial charge in [-0.15, -0.1) is 0 Å². The molecule has 0 unspecified atom stereocenters. The van der Waals surface area contributed by atoms with Crippen LogP contribution < -0.4 is 15.4 Å². The van der Waals surface area contributed by atoms with Crippen molar-refractivity contribution in [2.24, 2.45) is 0 Å². The van der Waals surface area contributed by atoms with Gasteiger partial charge in [0.25, 0.3) is 0 Å². The number of carbonyl (C=O) groups excluding carboxylic acids is 2. The van der Waals surface area contributed by atoms with Crippen LogP contribution in [0.4, 0.5) is 10.1 Å². The molecule has 156 valence electrons. The number of halogens is 1. The largest absolute Gasteiger partial charge is 0.453 e. The number of nitrogens with one attached hydrogen (secondary N) is 3. The van der Waals surface area contributed by atoms with E-state index in [1.807, 2.05) is 30.3 Å². The normalized spacial score (nSPS) is 10.6. The molecule has 3 N–H and O–H groups in total. The van der Waals surface area contributed by atoms with Crippen LogP contribution in [0.2, 0.25) is 0 Å². The number of rotatable bonds is 7. The van der Waals surface area contributed by atoms with Crippen LogP contribution in [0, 0.1) is 5.82 Å². The van der Waals surface area contributed by atoms with E-state index in [4.69, 9.17) is 4.74 Å². The Hall–Kier alpha value is -4.20. The van der Waals surface area contributed by atoms with Gasteiger partial charge in [-0.25, -0.2) is 9.37 Å². The molecule has 2 aromatic heterocycles. The molecule has 7 nitrogen and oxygen atoms in total. The summed E-state index contributed by atoms with van der Waals surface area (Å²) in [5.41, 5.74) is 1.79. The molecular formula is C23H19FN4O3. The van der Waals surface area contributed by atoms with E-state index in [9.17, 15) is 14.0 Å². The number of nitrogens with zero attached hydrogens (tertiary/aromatic N) is 1. The maximum atomic E-state index is 14.5. The Morgan fingerprint density at radius 1 is 1.00 bits per heavy atom. The molecule has 4 aromatic rings. The van der Waals surface area contributed by atoms with Gasteiger partial charge in [-0.2, -0.15) is 0 Å². The van der Waals surface area contributed by atoms with Crippen molar-refractivity contribution >= 4 is 28.5 Å². The van der Waals surface area contributed by atoms with E-state index < -0.39 is 17.6 Å². The average molecular weight is 418 g/mol. The molecule has 31 heavy (non-hydrogen) atoms. The highest BCUT2D eigenvalue weighted by Gasteiger charge is 2.13. The lowest BCUT2D eigenvalue weighted by molar-refractivity contribution is -0.126. The summed E-state index contributed by atoms with van der Waals surface area (Å²) in [5, 5.41) is 5.92. The van der Waals surface area contributed by atoms with Gasteiger partial charge in [0.1, 0.15) is 17.8 Å². The quantitative estimate of drug-likeness (QED) is 0.393. The molecule has 0 spiro atoms. The maximum Gasteiger partial charge on any atom is 0.233 e. The number of pyridine rings is 1. The Labute approximate surface area is 177 Å². The van der Waals surface area contributed by atoms with Gasteiger partial charge in [0, 0.05) is 30.7 Å². The van der Waals surface area contributed by atoms with Crippen molar-refractivity contribution < 1.29 is 18.7 Å². The highest BCUT2D eigenvalue weighted by atomic mass is 19.1. The monoisotopic (exact) mass is 418 g/mol. The molecule has 8 heteroatoms. The summed E-state index contributed by atoms with van der Waals surface area (Å²) in [6.45, 7) is 0.330. The number of hydrogen-bond donors (Lipinski definition) is 3. The van der Waals surface area contributed by atoms with Gasteiger partial charge in [-0.1, -0.05) is 30.3 Å². The van der Waals surface area contributed by atoms with E-state index in [1.54, 1.807) is 24.5 Å². The van der Waals surface area contributed by atoms with Crippen LogP contribution in [0.1, 0.15) is 12.0 Å². The van der Waals surface area contributed by atoms with Gasteiger partial charge < -0.3 is 20.4 Å². The number of anilines is 1. The van der Waals surface area contributed by atoms with E-state index >= 15 is 0 Å². The van der Waals surface area contributed by atoms with Crippen molar-refractivity contribution in [1.29, 1.82) is 0 Å². The molecule has 0 fully saturated rings. The van der Waals surface area contributed by atoms with Gasteiger partial charge in [0.15, 0.2) is 11.6 Å². The highest BCUT2D eigenvalue weighted by molar-refractivity contribution is 6.03. The number of benzene rings is 2. The Kier molecular flexibility index (Phi) is 5.89. The molecule has 0 bridgehead atoms. The number of hydrogen-bond acceptors (Lipinski definition) is 4. The summed E-state index contributed by atoms with van der Waals surface area (Å²) in [4.78, 5) is 31.2. The Morgan fingerprint density at radius 2 is 1.84 bits per heavy atom. The van der Waals surface area contributed by atoms with E-state index in [1.165, 1.54) is 12.1 Å². The lowest BCUT2D eigenvalue weighted by atomic mass is 10.2. The first-order valence-electron chi connectivity index (χ1n) is 9.58. The molecule has 0 aliphatic rings. The number of H-pyrrole nitrogens is 1. The molecule has 0 saturated heterocycles. The predicted octanol–water partition coefficient (Wildman–Crippen LogP) is 4.14. The molecule has 0 saturated carbocycles. The standard InChI is InChI=1S/C23H19FN4O3/c24-18-12-16(28-22(30)13-21(29)27-14-15-4-2-1-3-5-15)6-7-20(18)31-19-9-11-26-23-17(19)8-10-25-23/h1-12H,13-14H2,(H,25,26)(H,27,29)(H,28,30). The van der Waals surface area contributed by atoms with Crippen LogP contribution in [-0.2, 0) is 16.1 Å². The molecule has 2 heterocycles. The third-order valence-electron chi connectivity index (χ3n) is 4.51. The smallest absolute Gasteiger partial charge is 0.233 e. The summed E-state index contributed by atoms with van der Waals surface area (Å²) in [5.74, 6) is -1.15. The number of aromatic nitrogens is 2. The fourth-order valence-corrected chi connectivity index (χ4v) is 3.01. The highest BCUT2D eigenvalue weighted by Crippen LogP contribution is 2.31. The number of ether oxygens (including phenoxy) is 1. The van der Waals surface area contributed by atoms with Crippen LogP contribution >= 0.6 is 0 Å². The van der Waals surface area contributed by atoms with Crippen molar-refractivity contribution in [3.05, 3.63) is 84.4 Å². The zero-order chi connectivity index (χ0) is 21.6. The molecule has 4 rings (SSSR count). The summed E-state index contributed by atoms with van der Waals surface area (Å²) >= 11 is 0. The third-order valence-corrected chi connectivity index (χ3v) is 4.51. The molecule has 0 radical (unpaired) electrons. The molecule has 2 amide bonds. The van der Waals surface area contributed by atoms with Crippen molar-refractivity contribution in [2.45, 2.75) is 13.0 Å². The first-order chi connectivity index (χ1) is 15.1. The topological polar surface area (TPSA) is 96.1 Å². The van der Waals surface area contributed by atoms with Crippen LogP contribution in [0.5, 0.6) is 11.5 Å². The summed E-state index contributed by atoms with van der Waals surface area (Å²) in [6, 6.07) is 16.9. The number of carbonyl (C=O) groups is 2. The molecule has 0 atom stereocenters. The van der Waals surface area contributed by atoms with Crippen molar-refractivity contribution in [3.8, 4) is 11.5 Å². The fraction of sp³-hybridized carbons (Fsp3) is 0.0870. The van der Waals surface area contributed by atoms with E-state index in [2.05, 4.69) is 20.6 Å². The first kappa shape index (κ1) is 20.1. The van der Waals surface area contributed by atoms with Crippen molar-refractivity contribution in [2.75, 3.05) is 5.32 Å². The average Bonchev–Trinajstić information content (AvgIpc) is 3.25. The Balaban J connectivity index is 1.34. The third kappa shape index (κ3) is 5.05. The second kappa shape index (κ2) is 9.08. The molecule has 0 aliphatic heterocycles. The lowest BCUT2D eigenvalue weighted by Gasteiger charge is -2.10. The minimum absolute atomic E-state index is 0.00676. The van der Waals surface area contributed by atoms with Gasteiger partial charge in [-0.05, 0) is 29.8 Å². The van der Waals surface area contributed by atoms with Gasteiger partial charge in [0.2, 0.25) is 11.8 Å². The van der Waals surface area contributed by atoms with Crippen LogP contribution in [0.3, 0.4) is 0 Å². The lowest BCUT2D eigenvalue weighted by Crippen LogP contribution is -2.27. The zero-order valence-corrected chi connectivity index (χ0v) is 16.4. The predicted molar refractivity (Wildman–Crippen MR) is 114 cm³/mol. The Bertz CT molecular complexity index is 1220. The zero-order valence-electron chi connectivity index (χ0n) is 16.4. The SMILES string of the molecule is O=C(CC(=O)Nc1ccc(Oc2ccnc3[nH]ccc23)c(F)c1)NCc1ccccc1. The van der Waals surface area contributed by atoms with Crippen LogP contribution in [0.15, 0.2) is 73.1 Å². The van der Waals surface area contributed by atoms with Crippen LogP contribution in [-0.4, -0.2) is 21.8 Å². The van der Waals surface area contributed by atoms with E-state index in [-0.39, 0.29) is 17.9 Å². The van der Waals surface area contributed by atoms with E-state index in [0.717, 1.165) is 17.0 Å². The van der Waals surface area contributed by atoms with Crippen molar-refractivity contribution in [1.82, 2.24) is 15.3 Å². The fourth-order valence-electron chi connectivity index (χ4n) is 3.01. The second-order valence-corrected chi connectivity index (χ2v) is 6.78. The Morgan fingerprint density at radius 3 is 2.65 bits per heavy atom.